The quantitative estimate of drug-likeness (QED) is 0.601. The molecule has 1 aliphatic rings. The van der Waals surface area contributed by atoms with E-state index in [0.717, 1.165) is 12.8 Å². The minimum Gasteiger partial charge on any atom is -0.393 e. The van der Waals surface area contributed by atoms with E-state index in [2.05, 4.69) is 0 Å². The highest BCUT2D eigenvalue weighted by atomic mass is 16.3. The fraction of sp³-hybridized carbons (Fsp3) is 1.00. The van der Waals surface area contributed by atoms with Crippen LogP contribution < -0.4 is 0 Å². The van der Waals surface area contributed by atoms with Crippen LogP contribution in [0.15, 0.2) is 0 Å². The third-order valence-corrected chi connectivity index (χ3v) is 2.41. The molecule has 3 unspecified atom stereocenters. The number of hydrogen-bond acceptors (Lipinski definition) is 2. The normalized spacial score (nSPS) is 35.7. The Morgan fingerprint density at radius 2 is 1.90 bits per heavy atom. The Hall–Kier alpha value is -0.0800. The highest BCUT2D eigenvalue weighted by Crippen LogP contribution is 2.32. The molecule has 1 rings (SSSR count). The van der Waals surface area contributed by atoms with E-state index >= 15 is 0 Å². The lowest BCUT2D eigenvalue weighted by molar-refractivity contribution is -0.0679. The molecule has 0 bridgehead atoms. The summed E-state index contributed by atoms with van der Waals surface area (Å²) >= 11 is 0. The topological polar surface area (TPSA) is 40.5 Å². The molecule has 60 valence electrons. The lowest BCUT2D eigenvalue weighted by Gasteiger charge is -2.37. The second kappa shape index (κ2) is 2.89. The first-order valence-corrected chi connectivity index (χ1v) is 3.99. The Labute approximate surface area is 61.9 Å². The smallest absolute Gasteiger partial charge is 0.0615 e. The highest BCUT2D eigenvalue weighted by Gasteiger charge is 2.35. The van der Waals surface area contributed by atoms with Crippen LogP contribution in [-0.4, -0.2) is 22.4 Å². The van der Waals surface area contributed by atoms with Gasteiger partial charge in [0.15, 0.2) is 0 Å². The summed E-state index contributed by atoms with van der Waals surface area (Å²) in [6.07, 6.45) is 1.32. The Morgan fingerprint density at radius 1 is 1.30 bits per heavy atom. The van der Waals surface area contributed by atoms with E-state index in [1.54, 1.807) is 0 Å². The average molecular weight is 144 g/mol. The zero-order chi connectivity index (χ0) is 7.72. The SMILES string of the molecule is CC(C)C(O)C1CCC1O. The first-order valence-electron chi connectivity index (χ1n) is 3.99. The molecule has 10 heavy (non-hydrogen) atoms. The van der Waals surface area contributed by atoms with Crippen LogP contribution in [0.25, 0.3) is 0 Å². The lowest BCUT2D eigenvalue weighted by Crippen LogP contribution is -2.42. The molecule has 0 aromatic rings. The van der Waals surface area contributed by atoms with Gasteiger partial charge in [-0.05, 0) is 18.8 Å². The molecular weight excluding hydrogens is 128 g/mol. The Morgan fingerprint density at radius 3 is 2.00 bits per heavy atom. The summed E-state index contributed by atoms with van der Waals surface area (Å²) in [7, 11) is 0. The van der Waals surface area contributed by atoms with Crippen molar-refractivity contribution in [3.63, 3.8) is 0 Å². The van der Waals surface area contributed by atoms with Gasteiger partial charge < -0.3 is 10.2 Å². The maximum Gasteiger partial charge on any atom is 0.0615 e. The van der Waals surface area contributed by atoms with Gasteiger partial charge in [-0.3, -0.25) is 0 Å². The van der Waals surface area contributed by atoms with E-state index in [4.69, 9.17) is 5.11 Å². The zero-order valence-electron chi connectivity index (χ0n) is 6.62. The van der Waals surface area contributed by atoms with Gasteiger partial charge in [0, 0.05) is 5.92 Å². The molecule has 3 atom stereocenters. The monoisotopic (exact) mass is 144 g/mol. The Balaban J connectivity index is 2.34. The zero-order valence-corrected chi connectivity index (χ0v) is 6.62. The molecule has 0 amide bonds. The molecule has 2 heteroatoms. The van der Waals surface area contributed by atoms with Crippen molar-refractivity contribution in [3.8, 4) is 0 Å². The van der Waals surface area contributed by atoms with E-state index in [9.17, 15) is 5.11 Å². The molecule has 1 aliphatic carbocycles. The van der Waals surface area contributed by atoms with Gasteiger partial charge in [-0.1, -0.05) is 13.8 Å². The number of aliphatic hydroxyl groups is 2. The lowest BCUT2D eigenvalue weighted by atomic mass is 9.75. The van der Waals surface area contributed by atoms with Crippen LogP contribution in [0.4, 0.5) is 0 Å². The molecule has 0 heterocycles. The largest absolute Gasteiger partial charge is 0.393 e. The summed E-state index contributed by atoms with van der Waals surface area (Å²) in [6, 6.07) is 0. The van der Waals surface area contributed by atoms with Crippen LogP contribution in [0.2, 0.25) is 0 Å². The molecule has 0 spiro atoms. The minimum atomic E-state index is -0.302. The third kappa shape index (κ3) is 1.32. The molecule has 0 radical (unpaired) electrons. The number of hydrogen-bond donors (Lipinski definition) is 2. The van der Waals surface area contributed by atoms with Crippen molar-refractivity contribution in [2.75, 3.05) is 0 Å². The second-order valence-corrected chi connectivity index (χ2v) is 3.54. The van der Waals surface area contributed by atoms with Gasteiger partial charge in [0.05, 0.1) is 12.2 Å². The predicted octanol–water partition coefficient (Wildman–Crippen LogP) is 0.774. The summed E-state index contributed by atoms with van der Waals surface area (Å²) in [5, 5.41) is 18.6. The fourth-order valence-corrected chi connectivity index (χ4v) is 1.40. The van der Waals surface area contributed by atoms with E-state index in [1.807, 2.05) is 13.8 Å². The van der Waals surface area contributed by atoms with Crippen LogP contribution >= 0.6 is 0 Å². The van der Waals surface area contributed by atoms with Crippen molar-refractivity contribution in [1.29, 1.82) is 0 Å². The van der Waals surface area contributed by atoms with Crippen molar-refractivity contribution < 1.29 is 10.2 Å². The van der Waals surface area contributed by atoms with Gasteiger partial charge in [-0.2, -0.15) is 0 Å². The summed E-state index contributed by atoms with van der Waals surface area (Å²) in [4.78, 5) is 0. The van der Waals surface area contributed by atoms with Gasteiger partial charge >= 0.3 is 0 Å². The maximum atomic E-state index is 9.46. The van der Waals surface area contributed by atoms with Crippen LogP contribution in [0.3, 0.4) is 0 Å². The van der Waals surface area contributed by atoms with Gasteiger partial charge in [0.2, 0.25) is 0 Å². The summed E-state index contributed by atoms with van der Waals surface area (Å²) in [5.74, 6) is 0.431. The van der Waals surface area contributed by atoms with Crippen LogP contribution in [0, 0.1) is 11.8 Å². The number of aliphatic hydroxyl groups excluding tert-OH is 2. The van der Waals surface area contributed by atoms with Gasteiger partial charge in [-0.15, -0.1) is 0 Å². The average Bonchev–Trinajstić information content (AvgIpc) is 1.84. The van der Waals surface area contributed by atoms with Crippen molar-refractivity contribution in [3.05, 3.63) is 0 Å². The van der Waals surface area contributed by atoms with Crippen molar-refractivity contribution in [2.24, 2.45) is 11.8 Å². The molecular formula is C8H16O2. The summed E-state index contributed by atoms with van der Waals surface area (Å²) in [5.41, 5.74) is 0. The van der Waals surface area contributed by atoms with Crippen molar-refractivity contribution in [2.45, 2.75) is 38.9 Å². The molecule has 0 aromatic heterocycles. The number of rotatable bonds is 2. The summed E-state index contributed by atoms with van der Waals surface area (Å²) in [6.45, 7) is 3.96. The van der Waals surface area contributed by atoms with E-state index in [1.165, 1.54) is 0 Å². The molecule has 2 nitrogen and oxygen atoms in total. The Bertz CT molecular complexity index is 107. The minimum absolute atomic E-state index is 0.153. The Kier molecular flexibility index (Phi) is 2.32. The van der Waals surface area contributed by atoms with Crippen molar-refractivity contribution >= 4 is 0 Å². The maximum absolute atomic E-state index is 9.46. The second-order valence-electron chi connectivity index (χ2n) is 3.54. The predicted molar refractivity (Wildman–Crippen MR) is 39.6 cm³/mol. The standard InChI is InChI=1S/C8H16O2/c1-5(2)8(10)6-3-4-7(6)9/h5-10H,3-4H2,1-2H3. The van der Waals surface area contributed by atoms with Gasteiger partial charge in [0.1, 0.15) is 0 Å². The molecule has 1 fully saturated rings. The summed E-state index contributed by atoms with van der Waals surface area (Å²) < 4.78 is 0. The van der Waals surface area contributed by atoms with Gasteiger partial charge in [0.25, 0.3) is 0 Å². The van der Waals surface area contributed by atoms with Gasteiger partial charge in [-0.25, -0.2) is 0 Å². The van der Waals surface area contributed by atoms with Crippen molar-refractivity contribution in [1.82, 2.24) is 0 Å². The molecule has 0 aliphatic heterocycles. The molecule has 0 aromatic carbocycles. The fourth-order valence-electron chi connectivity index (χ4n) is 1.40. The van der Waals surface area contributed by atoms with Crippen LogP contribution in [-0.2, 0) is 0 Å². The molecule has 0 saturated heterocycles. The van der Waals surface area contributed by atoms with E-state index < -0.39 is 0 Å². The van der Waals surface area contributed by atoms with Crippen LogP contribution in [0.1, 0.15) is 26.7 Å². The third-order valence-electron chi connectivity index (χ3n) is 2.41. The van der Waals surface area contributed by atoms with Crippen LogP contribution in [0.5, 0.6) is 0 Å². The highest BCUT2D eigenvalue weighted by molar-refractivity contribution is 4.86. The molecule has 2 N–H and O–H groups in total. The van der Waals surface area contributed by atoms with E-state index in [0.29, 0.717) is 0 Å². The first kappa shape index (κ1) is 8.02. The molecule has 1 saturated carbocycles. The first-order chi connectivity index (χ1) is 4.63. The van der Waals surface area contributed by atoms with E-state index in [-0.39, 0.29) is 24.0 Å².